The van der Waals surface area contributed by atoms with E-state index in [4.69, 9.17) is 0 Å². The highest BCUT2D eigenvalue weighted by molar-refractivity contribution is 7.89. The number of nitrogens with zero attached hydrogens (tertiary/aromatic N) is 3. The van der Waals surface area contributed by atoms with Crippen molar-refractivity contribution in [1.82, 2.24) is 19.3 Å². The average molecular weight is 377 g/mol. The van der Waals surface area contributed by atoms with Gasteiger partial charge < -0.3 is 5.32 Å². The first kappa shape index (κ1) is 18.3. The third kappa shape index (κ3) is 3.68. The van der Waals surface area contributed by atoms with Gasteiger partial charge in [-0.2, -0.15) is 9.61 Å². The predicted molar refractivity (Wildman–Crippen MR) is 97.5 cm³/mol. The zero-order valence-electron chi connectivity index (χ0n) is 14.9. The molecule has 0 aliphatic heterocycles. The minimum absolute atomic E-state index is 0.00750. The molecule has 138 valence electrons. The lowest BCUT2D eigenvalue weighted by Crippen LogP contribution is -2.40. The number of aromatic nitrogens is 3. The predicted octanol–water partition coefficient (Wildman–Crippen LogP) is 3.00. The number of rotatable bonds is 4. The third-order valence-electron chi connectivity index (χ3n) is 3.55. The zero-order valence-corrected chi connectivity index (χ0v) is 15.7. The molecule has 9 heteroatoms. The second-order valence-electron chi connectivity index (χ2n) is 7.01. The van der Waals surface area contributed by atoms with Crippen LogP contribution in [0.15, 0.2) is 41.6 Å². The van der Waals surface area contributed by atoms with Crippen LogP contribution in [0, 0.1) is 12.7 Å². The topological polar surface area (TPSA) is 88.4 Å². The molecule has 3 aromatic rings. The van der Waals surface area contributed by atoms with Crippen LogP contribution in [0.2, 0.25) is 0 Å². The van der Waals surface area contributed by atoms with E-state index in [1.54, 1.807) is 39.8 Å². The first-order chi connectivity index (χ1) is 12.1. The standard InChI is InChI=1S/C17H20FN5O2S/c1-11-9-12(18)5-6-13(11)21-15-7-8-19-16-14(10-20-23(15)16)26(24,25)22-17(2,3)4/h5-10,21-22H,1-4H3. The van der Waals surface area contributed by atoms with E-state index in [2.05, 4.69) is 20.1 Å². The molecule has 0 amide bonds. The Kier molecular flexibility index (Phi) is 4.45. The Bertz CT molecular complexity index is 1070. The maximum Gasteiger partial charge on any atom is 0.246 e. The van der Waals surface area contributed by atoms with Crippen LogP contribution < -0.4 is 10.0 Å². The molecule has 7 nitrogen and oxygen atoms in total. The quantitative estimate of drug-likeness (QED) is 0.730. The summed E-state index contributed by atoms with van der Waals surface area (Å²) in [5.41, 5.74) is 0.969. The SMILES string of the molecule is Cc1cc(F)ccc1Nc1ccnc2c(S(=O)(=O)NC(C)(C)C)cnn12. The van der Waals surface area contributed by atoms with Crippen molar-refractivity contribution in [3.8, 4) is 0 Å². The van der Waals surface area contributed by atoms with E-state index in [9.17, 15) is 12.8 Å². The maximum absolute atomic E-state index is 13.3. The van der Waals surface area contributed by atoms with Crippen molar-refractivity contribution in [2.75, 3.05) is 5.32 Å². The van der Waals surface area contributed by atoms with Gasteiger partial charge in [0.1, 0.15) is 16.5 Å². The van der Waals surface area contributed by atoms with Gasteiger partial charge in [-0.1, -0.05) is 0 Å². The van der Waals surface area contributed by atoms with Crippen LogP contribution in [0.3, 0.4) is 0 Å². The summed E-state index contributed by atoms with van der Waals surface area (Å²) in [6.07, 6.45) is 2.76. The van der Waals surface area contributed by atoms with Crippen molar-refractivity contribution in [2.24, 2.45) is 0 Å². The number of hydrogen-bond acceptors (Lipinski definition) is 5. The maximum atomic E-state index is 13.3. The van der Waals surface area contributed by atoms with Crippen molar-refractivity contribution in [3.05, 3.63) is 48.0 Å². The summed E-state index contributed by atoms with van der Waals surface area (Å²) >= 11 is 0. The molecular formula is C17H20FN5O2S. The molecule has 0 bridgehead atoms. The van der Waals surface area contributed by atoms with Gasteiger partial charge >= 0.3 is 0 Å². The molecule has 2 aromatic heterocycles. The first-order valence-electron chi connectivity index (χ1n) is 7.97. The summed E-state index contributed by atoms with van der Waals surface area (Å²) < 4.78 is 42.5. The Labute approximate surface area is 151 Å². The van der Waals surface area contributed by atoms with E-state index < -0.39 is 15.6 Å². The number of halogens is 1. The van der Waals surface area contributed by atoms with Crippen LogP contribution in [0.5, 0.6) is 0 Å². The fourth-order valence-electron chi connectivity index (χ4n) is 2.52. The van der Waals surface area contributed by atoms with Gasteiger partial charge in [0, 0.05) is 17.4 Å². The molecule has 0 radical (unpaired) electrons. The van der Waals surface area contributed by atoms with Crippen molar-refractivity contribution < 1.29 is 12.8 Å². The minimum Gasteiger partial charge on any atom is -0.340 e. The second-order valence-corrected chi connectivity index (χ2v) is 8.66. The van der Waals surface area contributed by atoms with Gasteiger partial charge in [-0.05, 0) is 57.5 Å². The average Bonchev–Trinajstić information content (AvgIpc) is 2.93. The Morgan fingerprint density at radius 3 is 2.58 bits per heavy atom. The highest BCUT2D eigenvalue weighted by Gasteiger charge is 2.26. The lowest BCUT2D eigenvalue weighted by molar-refractivity contribution is 0.492. The minimum atomic E-state index is -3.78. The highest BCUT2D eigenvalue weighted by Crippen LogP contribution is 2.24. The fraction of sp³-hybridized carbons (Fsp3) is 0.294. The number of fused-ring (bicyclic) bond motifs is 1. The number of sulfonamides is 1. The van der Waals surface area contributed by atoms with Crippen molar-refractivity contribution >= 4 is 27.2 Å². The van der Waals surface area contributed by atoms with E-state index in [0.29, 0.717) is 17.1 Å². The fourth-order valence-corrected chi connectivity index (χ4v) is 4.00. The van der Waals surface area contributed by atoms with Crippen LogP contribution in [-0.2, 0) is 10.0 Å². The van der Waals surface area contributed by atoms with Crippen LogP contribution >= 0.6 is 0 Å². The van der Waals surface area contributed by atoms with E-state index >= 15 is 0 Å². The smallest absolute Gasteiger partial charge is 0.246 e. The molecule has 2 heterocycles. The Hall–Kier alpha value is -2.52. The van der Waals surface area contributed by atoms with E-state index in [1.807, 2.05) is 0 Å². The molecule has 1 aromatic carbocycles. The summed E-state index contributed by atoms with van der Waals surface area (Å²) in [6, 6.07) is 6.03. The van der Waals surface area contributed by atoms with Gasteiger partial charge in [-0.3, -0.25) is 0 Å². The molecule has 0 unspecified atom stereocenters. The van der Waals surface area contributed by atoms with E-state index in [-0.39, 0.29) is 16.4 Å². The Morgan fingerprint density at radius 2 is 1.92 bits per heavy atom. The molecule has 0 atom stereocenters. The zero-order chi connectivity index (χ0) is 19.1. The molecule has 0 saturated heterocycles. The molecule has 3 rings (SSSR count). The lowest BCUT2D eigenvalue weighted by Gasteiger charge is -2.19. The summed E-state index contributed by atoms with van der Waals surface area (Å²) in [7, 11) is -3.78. The molecule has 0 saturated carbocycles. The first-order valence-corrected chi connectivity index (χ1v) is 9.45. The van der Waals surface area contributed by atoms with Crippen LogP contribution in [0.1, 0.15) is 26.3 Å². The Balaban J connectivity index is 2.04. The van der Waals surface area contributed by atoms with E-state index in [1.165, 1.54) is 29.0 Å². The van der Waals surface area contributed by atoms with Gasteiger partial charge in [-0.15, -0.1) is 0 Å². The largest absolute Gasteiger partial charge is 0.340 e. The molecule has 26 heavy (non-hydrogen) atoms. The number of nitrogens with one attached hydrogen (secondary N) is 2. The third-order valence-corrected chi connectivity index (χ3v) is 5.30. The lowest BCUT2D eigenvalue weighted by atomic mass is 10.1. The number of aryl methyl sites for hydroxylation is 1. The highest BCUT2D eigenvalue weighted by atomic mass is 32.2. The summed E-state index contributed by atoms with van der Waals surface area (Å²) in [5, 5.41) is 7.29. The van der Waals surface area contributed by atoms with Gasteiger partial charge in [0.05, 0.1) is 6.20 Å². The van der Waals surface area contributed by atoms with Gasteiger partial charge in [0.15, 0.2) is 5.65 Å². The van der Waals surface area contributed by atoms with Crippen molar-refractivity contribution in [1.29, 1.82) is 0 Å². The normalized spacial score (nSPS) is 12.5. The number of benzene rings is 1. The van der Waals surface area contributed by atoms with Gasteiger partial charge in [0.25, 0.3) is 0 Å². The second kappa shape index (κ2) is 6.33. The molecule has 0 aliphatic rings. The molecular weight excluding hydrogens is 357 g/mol. The van der Waals surface area contributed by atoms with Crippen LogP contribution in [0.4, 0.5) is 15.9 Å². The van der Waals surface area contributed by atoms with E-state index in [0.717, 1.165) is 0 Å². The monoisotopic (exact) mass is 377 g/mol. The molecule has 2 N–H and O–H groups in total. The summed E-state index contributed by atoms with van der Waals surface area (Å²) in [4.78, 5) is 4.15. The Morgan fingerprint density at radius 1 is 1.19 bits per heavy atom. The molecule has 0 fully saturated rings. The number of hydrogen-bond donors (Lipinski definition) is 2. The summed E-state index contributed by atoms with van der Waals surface area (Å²) in [5.74, 6) is 0.190. The van der Waals surface area contributed by atoms with Crippen LogP contribution in [-0.4, -0.2) is 28.6 Å². The molecule has 0 spiro atoms. The molecule has 0 aliphatic carbocycles. The van der Waals surface area contributed by atoms with Gasteiger partial charge in [0.2, 0.25) is 10.0 Å². The van der Waals surface area contributed by atoms with Crippen molar-refractivity contribution in [2.45, 2.75) is 38.1 Å². The van der Waals surface area contributed by atoms with Gasteiger partial charge in [-0.25, -0.2) is 22.5 Å². The number of anilines is 2. The van der Waals surface area contributed by atoms with Crippen molar-refractivity contribution in [3.63, 3.8) is 0 Å². The summed E-state index contributed by atoms with van der Waals surface area (Å²) in [6.45, 7) is 7.05. The van der Waals surface area contributed by atoms with Crippen LogP contribution in [0.25, 0.3) is 5.65 Å².